The van der Waals surface area contributed by atoms with E-state index in [2.05, 4.69) is 20.4 Å². The lowest BCUT2D eigenvalue weighted by atomic mass is 10.0. The van der Waals surface area contributed by atoms with E-state index in [1.807, 2.05) is 12.1 Å². The number of rotatable bonds is 5. The van der Waals surface area contributed by atoms with Crippen molar-refractivity contribution in [3.63, 3.8) is 0 Å². The number of amides is 1. The van der Waals surface area contributed by atoms with E-state index < -0.39 is 0 Å². The Morgan fingerprint density at radius 1 is 1.11 bits per heavy atom. The fourth-order valence-corrected chi connectivity index (χ4v) is 4.33. The topological polar surface area (TPSA) is 61.0 Å². The Hall–Kier alpha value is -2.21. The number of likely N-dealkylation sites (tertiary alicyclic amines) is 1. The molecule has 2 aliphatic rings. The zero-order valence-corrected chi connectivity index (χ0v) is 15.6. The second kappa shape index (κ2) is 8.21. The summed E-state index contributed by atoms with van der Waals surface area (Å²) in [6, 6.07) is 6.73. The maximum Gasteiger partial charge on any atom is 0.272 e. The Bertz CT molecular complexity index is 778. The zero-order chi connectivity index (χ0) is 18.6. The van der Waals surface area contributed by atoms with E-state index in [1.165, 1.54) is 37.8 Å². The number of benzene rings is 1. The number of nitrogens with one attached hydrogen (secondary N) is 2. The highest BCUT2D eigenvalue weighted by molar-refractivity contribution is 5.94. The van der Waals surface area contributed by atoms with Gasteiger partial charge in [0.05, 0.1) is 6.04 Å². The summed E-state index contributed by atoms with van der Waals surface area (Å²) >= 11 is 0. The normalized spacial score (nSPS) is 18.7. The van der Waals surface area contributed by atoms with E-state index in [-0.39, 0.29) is 17.8 Å². The minimum Gasteiger partial charge on any atom is -0.349 e. The number of H-pyrrole nitrogens is 1. The van der Waals surface area contributed by atoms with Crippen molar-refractivity contribution in [1.29, 1.82) is 0 Å². The van der Waals surface area contributed by atoms with Crippen molar-refractivity contribution in [2.45, 2.75) is 51.0 Å². The lowest BCUT2D eigenvalue weighted by molar-refractivity contribution is 0.0927. The summed E-state index contributed by atoms with van der Waals surface area (Å²) in [6.07, 6.45) is 7.80. The number of carbonyl (C=O) groups excluding carboxylic acids is 1. The maximum atomic E-state index is 13.4. The SMILES string of the molecule is O=C(NCC(c1ccc(F)cc1)N1CCCCCC1)c1n[nH]c2c1CCC2. The summed E-state index contributed by atoms with van der Waals surface area (Å²) < 4.78 is 13.4. The molecule has 1 aromatic heterocycles. The minimum absolute atomic E-state index is 0.0552. The van der Waals surface area contributed by atoms with E-state index in [0.29, 0.717) is 12.2 Å². The Morgan fingerprint density at radius 3 is 2.59 bits per heavy atom. The van der Waals surface area contributed by atoms with E-state index >= 15 is 0 Å². The van der Waals surface area contributed by atoms with Crippen LogP contribution in [-0.2, 0) is 12.8 Å². The second-order valence-corrected chi connectivity index (χ2v) is 7.61. The molecule has 0 spiro atoms. The van der Waals surface area contributed by atoms with Gasteiger partial charge < -0.3 is 5.32 Å². The largest absolute Gasteiger partial charge is 0.349 e. The molecule has 2 N–H and O–H groups in total. The Kier molecular flexibility index (Phi) is 5.53. The highest BCUT2D eigenvalue weighted by Gasteiger charge is 2.26. The molecule has 4 rings (SSSR count). The molecule has 144 valence electrons. The quantitative estimate of drug-likeness (QED) is 0.848. The predicted molar refractivity (Wildman–Crippen MR) is 102 cm³/mol. The van der Waals surface area contributed by atoms with Crippen molar-refractivity contribution in [3.8, 4) is 0 Å². The zero-order valence-electron chi connectivity index (χ0n) is 15.6. The van der Waals surface area contributed by atoms with Gasteiger partial charge in [-0.2, -0.15) is 5.10 Å². The van der Waals surface area contributed by atoms with Gasteiger partial charge in [-0.1, -0.05) is 25.0 Å². The average molecular weight is 370 g/mol. The molecule has 0 bridgehead atoms. The molecule has 0 radical (unpaired) electrons. The van der Waals surface area contributed by atoms with Gasteiger partial charge in [-0.15, -0.1) is 0 Å². The van der Waals surface area contributed by atoms with Crippen molar-refractivity contribution in [2.75, 3.05) is 19.6 Å². The number of aromatic nitrogens is 2. The third kappa shape index (κ3) is 4.05. The smallest absolute Gasteiger partial charge is 0.272 e. The number of fused-ring (bicyclic) bond motifs is 1. The van der Waals surface area contributed by atoms with Crippen LogP contribution in [0.2, 0.25) is 0 Å². The molecule has 1 fully saturated rings. The lowest BCUT2D eigenvalue weighted by Gasteiger charge is -2.31. The van der Waals surface area contributed by atoms with Gasteiger partial charge in [0.25, 0.3) is 5.91 Å². The van der Waals surface area contributed by atoms with E-state index in [0.717, 1.165) is 49.2 Å². The first kappa shape index (κ1) is 18.2. The van der Waals surface area contributed by atoms with E-state index in [4.69, 9.17) is 0 Å². The van der Waals surface area contributed by atoms with Gasteiger partial charge in [-0.05, 0) is 62.9 Å². The van der Waals surface area contributed by atoms with Crippen molar-refractivity contribution in [2.24, 2.45) is 0 Å². The fraction of sp³-hybridized carbons (Fsp3) is 0.524. The van der Waals surface area contributed by atoms with Crippen LogP contribution < -0.4 is 5.32 Å². The van der Waals surface area contributed by atoms with Crippen LogP contribution >= 0.6 is 0 Å². The first-order valence-corrected chi connectivity index (χ1v) is 10.1. The number of carbonyl (C=O) groups is 1. The monoisotopic (exact) mass is 370 g/mol. The molecular formula is C21H27FN4O. The van der Waals surface area contributed by atoms with Crippen LogP contribution in [0.1, 0.15) is 65.5 Å². The van der Waals surface area contributed by atoms with Gasteiger partial charge in [0.15, 0.2) is 5.69 Å². The number of aromatic amines is 1. The first-order valence-electron chi connectivity index (χ1n) is 10.1. The van der Waals surface area contributed by atoms with Gasteiger partial charge in [-0.3, -0.25) is 14.8 Å². The van der Waals surface area contributed by atoms with Crippen molar-refractivity contribution in [3.05, 3.63) is 52.6 Å². The number of hydrogen-bond acceptors (Lipinski definition) is 3. The molecule has 2 heterocycles. The predicted octanol–water partition coefficient (Wildman–Crippen LogP) is 3.38. The molecule has 6 heteroatoms. The number of halogens is 1. The fourth-order valence-electron chi connectivity index (χ4n) is 4.33. The molecule has 1 aromatic carbocycles. The molecule has 5 nitrogen and oxygen atoms in total. The lowest BCUT2D eigenvalue weighted by Crippen LogP contribution is -2.39. The minimum atomic E-state index is -0.232. The third-order valence-corrected chi connectivity index (χ3v) is 5.81. The molecule has 1 unspecified atom stereocenters. The molecule has 1 atom stereocenters. The molecule has 0 saturated carbocycles. The number of hydrogen-bond donors (Lipinski definition) is 2. The van der Waals surface area contributed by atoms with Gasteiger partial charge in [0.2, 0.25) is 0 Å². The van der Waals surface area contributed by atoms with Gasteiger partial charge >= 0.3 is 0 Å². The maximum absolute atomic E-state index is 13.4. The molecule has 1 aliphatic carbocycles. The molecular weight excluding hydrogens is 343 g/mol. The number of nitrogens with zero attached hydrogens (tertiary/aromatic N) is 2. The van der Waals surface area contributed by atoms with Crippen LogP contribution in [-0.4, -0.2) is 40.6 Å². The van der Waals surface area contributed by atoms with Crippen LogP contribution in [0.25, 0.3) is 0 Å². The van der Waals surface area contributed by atoms with Crippen molar-refractivity contribution in [1.82, 2.24) is 20.4 Å². The third-order valence-electron chi connectivity index (χ3n) is 5.81. The molecule has 2 aromatic rings. The van der Waals surface area contributed by atoms with E-state index in [1.54, 1.807) is 0 Å². The van der Waals surface area contributed by atoms with Gasteiger partial charge in [0.1, 0.15) is 5.82 Å². The summed E-state index contributed by atoms with van der Waals surface area (Å²) in [5.74, 6) is -0.346. The Balaban J connectivity index is 1.49. The highest BCUT2D eigenvalue weighted by atomic mass is 19.1. The van der Waals surface area contributed by atoms with Gasteiger partial charge in [-0.25, -0.2) is 4.39 Å². The van der Waals surface area contributed by atoms with Crippen LogP contribution in [0.15, 0.2) is 24.3 Å². The standard InChI is InChI=1S/C21H27FN4O/c22-16-10-8-15(9-11-16)19(26-12-3-1-2-4-13-26)14-23-21(27)20-17-6-5-7-18(17)24-25-20/h8-11,19H,1-7,12-14H2,(H,23,27)(H,24,25). The summed E-state index contributed by atoms with van der Waals surface area (Å²) in [5, 5.41) is 10.3. The highest BCUT2D eigenvalue weighted by Crippen LogP contribution is 2.25. The van der Waals surface area contributed by atoms with Crippen LogP contribution in [0.5, 0.6) is 0 Å². The summed E-state index contributed by atoms with van der Waals surface area (Å²) in [6.45, 7) is 2.53. The van der Waals surface area contributed by atoms with Crippen LogP contribution in [0.4, 0.5) is 4.39 Å². The molecule has 27 heavy (non-hydrogen) atoms. The summed E-state index contributed by atoms with van der Waals surface area (Å²) in [4.78, 5) is 15.2. The van der Waals surface area contributed by atoms with Crippen molar-refractivity contribution < 1.29 is 9.18 Å². The van der Waals surface area contributed by atoms with Crippen LogP contribution in [0.3, 0.4) is 0 Å². The van der Waals surface area contributed by atoms with Crippen LogP contribution in [0, 0.1) is 5.82 Å². The Labute approximate surface area is 159 Å². The number of aryl methyl sites for hydroxylation is 1. The van der Waals surface area contributed by atoms with Crippen molar-refractivity contribution >= 4 is 5.91 Å². The molecule has 1 aliphatic heterocycles. The van der Waals surface area contributed by atoms with Gasteiger partial charge in [0, 0.05) is 17.8 Å². The molecule has 1 saturated heterocycles. The summed E-state index contributed by atoms with van der Waals surface area (Å²) in [7, 11) is 0. The second-order valence-electron chi connectivity index (χ2n) is 7.61. The van der Waals surface area contributed by atoms with E-state index in [9.17, 15) is 9.18 Å². The molecule has 1 amide bonds. The first-order chi connectivity index (χ1) is 13.2. The Morgan fingerprint density at radius 2 is 1.85 bits per heavy atom. The average Bonchev–Trinajstić information content (AvgIpc) is 3.19. The summed E-state index contributed by atoms with van der Waals surface area (Å²) in [5.41, 5.74) is 3.76.